The molecule has 0 aliphatic heterocycles. The predicted molar refractivity (Wildman–Crippen MR) is 60.2 cm³/mol. The molecule has 0 saturated heterocycles. The maximum Gasteiger partial charge on any atom is 0.408 e. The lowest BCUT2D eigenvalue weighted by molar-refractivity contribution is -0.139. The van der Waals surface area contributed by atoms with Gasteiger partial charge in [0.1, 0.15) is 11.6 Å². The van der Waals surface area contributed by atoms with Gasteiger partial charge in [0.25, 0.3) is 0 Å². The van der Waals surface area contributed by atoms with E-state index in [4.69, 9.17) is 16.7 Å². The van der Waals surface area contributed by atoms with Gasteiger partial charge in [-0.1, -0.05) is 13.8 Å². The Morgan fingerprint density at radius 3 is 2.56 bits per heavy atom. The van der Waals surface area contributed by atoms with E-state index in [0.717, 1.165) is 6.92 Å². The van der Waals surface area contributed by atoms with Gasteiger partial charge in [0, 0.05) is 5.48 Å². The molecule has 5 nitrogen and oxygen atoms in total. The highest BCUT2D eigenvalue weighted by molar-refractivity contribution is 5.79. The van der Waals surface area contributed by atoms with Crippen LogP contribution in [0.3, 0.4) is 0 Å². The van der Waals surface area contributed by atoms with Crippen LogP contribution in [0.1, 0.15) is 47.8 Å². The number of aliphatic carboxylic acids is 1. The lowest BCUT2D eigenvalue weighted by Gasteiger charge is -2.22. The summed E-state index contributed by atoms with van der Waals surface area (Å²) in [5, 5.41) is 10.8. The Hall–Kier alpha value is -1.26. The number of amides is 1. The van der Waals surface area contributed by atoms with Crippen LogP contribution < -0.4 is 5.32 Å². The number of carbonyl (C=O) groups is 2. The van der Waals surface area contributed by atoms with E-state index in [2.05, 4.69) is 0 Å². The van der Waals surface area contributed by atoms with Crippen LogP contribution in [0.25, 0.3) is 0 Å². The zero-order valence-corrected chi connectivity index (χ0v) is 9.88. The summed E-state index contributed by atoms with van der Waals surface area (Å²) >= 11 is 0. The third kappa shape index (κ3) is 7.09. The fourth-order valence-corrected chi connectivity index (χ4v) is 0.757. The number of hydrogen-bond acceptors (Lipinski definition) is 3. The Morgan fingerprint density at radius 1 is 1.62 bits per heavy atom. The smallest absolute Gasteiger partial charge is 0.408 e. The van der Waals surface area contributed by atoms with Crippen molar-refractivity contribution in [2.24, 2.45) is 5.89 Å². The third-order valence-electron chi connectivity index (χ3n) is 1.18. The maximum absolute atomic E-state index is 11.6. The van der Waals surface area contributed by atoms with Crippen LogP contribution in [0.15, 0.2) is 0 Å². The van der Waals surface area contributed by atoms with Gasteiger partial charge in [-0.2, -0.15) is 0 Å². The number of carbonyl (C=O) groups excluding carboxylic acids is 1. The van der Waals surface area contributed by atoms with Crippen LogP contribution in [0, 0.1) is 5.89 Å². The van der Waals surface area contributed by atoms with Gasteiger partial charge in [0.15, 0.2) is 0 Å². The fraction of sp³-hybridized carbons (Fsp3) is 0.818. The number of ether oxygens (including phenoxy) is 1. The summed E-state index contributed by atoms with van der Waals surface area (Å²) in [5.41, 5.74) is -0.962. The Balaban J connectivity index is 5.56. The van der Waals surface area contributed by atoms with Crippen molar-refractivity contribution in [1.29, 1.82) is 0 Å². The van der Waals surface area contributed by atoms with Gasteiger partial charge in [-0.05, 0) is 33.0 Å². The van der Waals surface area contributed by atoms with E-state index in [1.54, 1.807) is 5.32 Å². The van der Waals surface area contributed by atoms with Crippen LogP contribution in [0.2, 0.25) is 0 Å². The number of carboxylic acid groups (broad SMARTS) is 1. The van der Waals surface area contributed by atoms with Crippen LogP contribution in [0.5, 0.6) is 0 Å². The maximum atomic E-state index is 11.6. The van der Waals surface area contributed by atoms with Gasteiger partial charge < -0.3 is 15.2 Å². The average Bonchev–Trinajstić information content (AvgIpc) is 2.25. The van der Waals surface area contributed by atoms with Gasteiger partial charge >= 0.3 is 12.1 Å². The van der Waals surface area contributed by atoms with Crippen molar-refractivity contribution in [2.75, 3.05) is 0 Å². The molecule has 0 bridgehead atoms. The molecule has 0 aliphatic rings. The monoisotopic (exact) mass is 236 g/mol. The minimum atomic E-state index is -3.16. The first-order valence-electron chi connectivity index (χ1n) is 7.35. The molecule has 94 valence electrons. The Morgan fingerprint density at radius 2 is 2.19 bits per heavy atom. The molecular formula is C11H21NO4. The third-order valence-corrected chi connectivity index (χ3v) is 1.18. The first-order valence-corrected chi connectivity index (χ1v) is 4.64. The fourth-order valence-electron chi connectivity index (χ4n) is 0.757. The van der Waals surface area contributed by atoms with E-state index < -0.39 is 42.8 Å². The molecule has 0 aromatic carbocycles. The number of hydrogen-bond donors (Lipinski definition) is 2. The molecule has 1 amide bonds. The van der Waals surface area contributed by atoms with Gasteiger partial charge in [-0.15, -0.1) is 0 Å². The van der Waals surface area contributed by atoms with E-state index in [-0.39, 0.29) is 0 Å². The first-order chi connectivity index (χ1) is 9.10. The van der Waals surface area contributed by atoms with Crippen molar-refractivity contribution in [2.45, 2.75) is 52.6 Å². The molecule has 0 saturated carbocycles. The van der Waals surface area contributed by atoms with Crippen LogP contribution in [-0.4, -0.2) is 28.8 Å². The van der Waals surface area contributed by atoms with Crippen LogP contribution in [-0.2, 0) is 9.53 Å². The molecule has 0 aromatic rings. The Labute approximate surface area is 103 Å². The van der Waals surface area contributed by atoms with Crippen molar-refractivity contribution in [3.63, 3.8) is 0 Å². The molecule has 0 radical (unpaired) electrons. The van der Waals surface area contributed by atoms with Crippen molar-refractivity contribution < 1.29 is 26.3 Å². The summed E-state index contributed by atoms with van der Waals surface area (Å²) in [5.74, 6) is -4.20. The van der Waals surface area contributed by atoms with E-state index in [1.807, 2.05) is 0 Å². The van der Waals surface area contributed by atoms with Crippen molar-refractivity contribution in [3.05, 3.63) is 0 Å². The van der Waals surface area contributed by atoms with Crippen molar-refractivity contribution >= 4 is 12.1 Å². The van der Waals surface area contributed by atoms with E-state index in [0.29, 0.717) is 0 Å². The lowest BCUT2D eigenvalue weighted by Crippen LogP contribution is -2.44. The highest BCUT2D eigenvalue weighted by Gasteiger charge is 2.24. The highest BCUT2D eigenvalue weighted by Crippen LogP contribution is 2.09. The van der Waals surface area contributed by atoms with Crippen LogP contribution >= 0.6 is 0 Å². The number of nitrogens with one attached hydrogen (secondary N) is 1. The topological polar surface area (TPSA) is 75.6 Å². The molecule has 0 rings (SSSR count). The normalized spacial score (nSPS) is 24.4. The number of alkyl carbamates (subject to hydrolysis) is 1. The van der Waals surface area contributed by atoms with E-state index >= 15 is 0 Å². The second kappa shape index (κ2) is 5.72. The predicted octanol–water partition coefficient (Wildman–Crippen LogP) is 2.01. The van der Waals surface area contributed by atoms with Crippen molar-refractivity contribution in [3.8, 4) is 0 Å². The van der Waals surface area contributed by atoms with E-state index in [1.165, 1.54) is 20.8 Å². The largest absolute Gasteiger partial charge is 0.480 e. The minimum Gasteiger partial charge on any atom is -0.480 e. The molecular weight excluding hydrogens is 210 g/mol. The summed E-state index contributed by atoms with van der Waals surface area (Å²) in [6, 6.07) is -3.16. The zero-order chi connectivity index (χ0) is 17.3. The molecule has 0 fully saturated rings. The summed E-state index contributed by atoms with van der Waals surface area (Å²) in [6.07, 6.45) is -4.32. The molecule has 1 unspecified atom stereocenters. The second-order valence-electron chi connectivity index (χ2n) is 4.21. The van der Waals surface area contributed by atoms with Gasteiger partial charge in [0.05, 0.1) is 1.37 Å². The first kappa shape index (κ1) is 7.92. The Kier molecular flexibility index (Phi) is 2.83. The summed E-state index contributed by atoms with van der Waals surface area (Å²) in [6.45, 7) is 4.76. The summed E-state index contributed by atoms with van der Waals surface area (Å²) < 4.78 is 43.0. The van der Waals surface area contributed by atoms with Crippen LogP contribution in [0.4, 0.5) is 4.79 Å². The van der Waals surface area contributed by atoms with Gasteiger partial charge in [-0.25, -0.2) is 9.59 Å². The number of rotatable bonds is 4. The summed E-state index contributed by atoms with van der Waals surface area (Å²) in [4.78, 5) is 22.9. The van der Waals surface area contributed by atoms with Gasteiger partial charge in [-0.3, -0.25) is 0 Å². The lowest BCUT2D eigenvalue weighted by atomic mass is 10.0. The van der Waals surface area contributed by atoms with Crippen molar-refractivity contribution in [1.82, 2.24) is 5.32 Å². The Bertz CT molecular complexity index is 421. The molecule has 0 aliphatic carbocycles. The standard InChI is InChI=1S/C11H21NO4/c1-7(2)6-8(9(13)14)12-10(15)16-11(3,4)5/h7-8H,6H2,1-5H3,(H,12,15)(H,13,14)/t8-/m0/s1/i1D,6D2,7D,8D/t7?,8-. The molecule has 16 heavy (non-hydrogen) atoms. The molecule has 0 aromatic heterocycles. The highest BCUT2D eigenvalue weighted by atomic mass is 16.6. The van der Waals surface area contributed by atoms with E-state index in [9.17, 15) is 9.59 Å². The average molecular weight is 236 g/mol. The molecule has 0 heterocycles. The molecule has 0 spiro atoms. The second-order valence-corrected chi connectivity index (χ2v) is 4.21. The zero-order valence-electron chi connectivity index (χ0n) is 14.9. The molecule has 2 atom stereocenters. The van der Waals surface area contributed by atoms with Gasteiger partial charge in [0.2, 0.25) is 0 Å². The molecule has 2 N–H and O–H groups in total. The molecule has 5 heteroatoms. The minimum absolute atomic E-state index is 0.788. The summed E-state index contributed by atoms with van der Waals surface area (Å²) in [7, 11) is 0. The number of carboxylic acids is 1. The quantitative estimate of drug-likeness (QED) is 0.783. The SMILES string of the molecule is [2H]CC([2H])(C)C([2H])([2H])[C@]([2H])(NC(=O)OC(C)(C)C)C(=O)O.